The van der Waals surface area contributed by atoms with Crippen molar-refractivity contribution in [3.63, 3.8) is 0 Å². The van der Waals surface area contributed by atoms with Crippen LogP contribution >= 0.6 is 17.0 Å². The fraction of sp³-hybridized carbons (Fsp3) is 0.394. The van der Waals surface area contributed by atoms with Crippen LogP contribution in [-0.2, 0) is 27.2 Å². The van der Waals surface area contributed by atoms with E-state index in [-0.39, 0.29) is 18.1 Å². The summed E-state index contributed by atoms with van der Waals surface area (Å²) in [5, 5.41) is 9.16. The summed E-state index contributed by atoms with van der Waals surface area (Å²) in [5.41, 5.74) is 19.1. The minimum absolute atomic E-state index is 0.0967. The zero-order valence-electron chi connectivity index (χ0n) is 49.0. The van der Waals surface area contributed by atoms with Gasteiger partial charge in [-0.25, -0.2) is 0 Å². The molecule has 6 aromatic rings. The van der Waals surface area contributed by atoms with Crippen LogP contribution in [0.4, 0.5) is 0 Å². The monoisotopic (exact) mass is 1180 g/mol. The Bertz CT molecular complexity index is 3100. The van der Waals surface area contributed by atoms with Gasteiger partial charge in [0.15, 0.2) is 0 Å². The van der Waals surface area contributed by atoms with Crippen LogP contribution < -0.4 is 34.4 Å². The van der Waals surface area contributed by atoms with Crippen molar-refractivity contribution in [3.8, 4) is 33.4 Å². The van der Waals surface area contributed by atoms with Crippen LogP contribution in [-0.4, -0.2) is 41.8 Å². The van der Waals surface area contributed by atoms with Crippen LogP contribution in [0.2, 0.25) is 78.6 Å². The summed E-state index contributed by atoms with van der Waals surface area (Å²) in [7, 11) is 11.6. The standard InChI is InChI=1S/2C27H39Si2.C12H9Si.2ClH.Zr/c2*1-11-19-14-20-12-13-25(27(2,3)4)26(24(20)15-19)21-16-22(28(5,6)7)18-23(17-21)29(8,9)10;1-3-7-11-9(5-1)10-6-2-4-8-12(10)13-11;;;/h2*12-18H,11H2,1-10H3;1-7H,13H2;2*1H;/q;;;;;+2/p-2. The molecule has 2 unspecified atom stereocenters. The average Bonchev–Trinajstić information content (AvgIpc) is 4.01. The van der Waals surface area contributed by atoms with Gasteiger partial charge in [0.2, 0.25) is 0 Å². The van der Waals surface area contributed by atoms with Gasteiger partial charge in [-0.1, -0.05) is 0 Å². The number of benzene rings is 6. The first kappa shape index (κ1) is 56.1. The molecule has 2 aliphatic carbocycles. The molecule has 1 heterocycles. The summed E-state index contributed by atoms with van der Waals surface area (Å²) in [4.78, 5) is 0. The Balaban J connectivity index is 1.42. The fourth-order valence-corrected chi connectivity index (χ4v) is 46.4. The molecule has 0 bridgehead atoms. The molecule has 0 saturated carbocycles. The normalized spacial score (nSPS) is 17.9. The van der Waals surface area contributed by atoms with Gasteiger partial charge in [0.05, 0.1) is 0 Å². The predicted octanol–water partition coefficient (Wildman–Crippen LogP) is 15.6. The van der Waals surface area contributed by atoms with Crippen LogP contribution in [0.15, 0.2) is 114 Å². The van der Waals surface area contributed by atoms with Crippen LogP contribution in [0.25, 0.3) is 45.5 Å². The van der Waals surface area contributed by atoms with Crippen LogP contribution in [0.3, 0.4) is 0 Å². The summed E-state index contributed by atoms with van der Waals surface area (Å²) in [6, 6.07) is 41.9. The van der Waals surface area contributed by atoms with Crippen LogP contribution in [0, 0.1) is 0 Å². The van der Waals surface area contributed by atoms with E-state index in [0.717, 1.165) is 12.8 Å². The maximum atomic E-state index is 9.70. The van der Waals surface area contributed by atoms with E-state index in [2.05, 4.69) is 249 Å². The molecule has 0 amide bonds. The molecule has 74 heavy (non-hydrogen) atoms. The van der Waals surface area contributed by atoms with Gasteiger partial charge >= 0.3 is 468 Å². The molecule has 0 N–H and O–H groups in total. The van der Waals surface area contributed by atoms with Crippen molar-refractivity contribution >= 4 is 105 Å². The third kappa shape index (κ3) is 9.53. The van der Waals surface area contributed by atoms with Crippen molar-refractivity contribution < 1.29 is 16.4 Å². The molecule has 389 valence electrons. The number of rotatable bonds is 11. The van der Waals surface area contributed by atoms with Gasteiger partial charge in [-0.2, -0.15) is 0 Å². The third-order valence-electron chi connectivity index (χ3n) is 17.3. The first-order valence-electron chi connectivity index (χ1n) is 27.9. The number of allylic oxidation sites excluding steroid dienone is 2. The molecule has 6 aromatic carbocycles. The van der Waals surface area contributed by atoms with Gasteiger partial charge in [0.25, 0.3) is 0 Å². The Hall–Kier alpha value is -2.65. The van der Waals surface area contributed by atoms with E-state index < -0.39 is 58.2 Å². The number of fused-ring (bicyclic) bond motifs is 5. The molecule has 0 radical (unpaired) electrons. The maximum absolute atomic E-state index is 9.70. The Morgan fingerprint density at radius 1 is 0.473 bits per heavy atom. The van der Waals surface area contributed by atoms with E-state index in [1.165, 1.54) is 91.6 Å². The summed E-state index contributed by atoms with van der Waals surface area (Å²) in [6.45, 7) is 49.4. The van der Waals surface area contributed by atoms with E-state index >= 15 is 0 Å². The van der Waals surface area contributed by atoms with Crippen molar-refractivity contribution in [1.29, 1.82) is 0 Å². The average molecular weight is 1180 g/mol. The second-order valence-electron chi connectivity index (χ2n) is 28.9. The third-order valence-corrected chi connectivity index (χ3v) is 48.2. The summed E-state index contributed by atoms with van der Waals surface area (Å²) in [5.74, 6) is 0. The molecule has 8 heteroatoms. The Kier molecular flexibility index (Phi) is 14.2. The fourth-order valence-electron chi connectivity index (χ4n) is 13.1. The molecule has 2 atom stereocenters. The first-order chi connectivity index (χ1) is 34.1. The van der Waals surface area contributed by atoms with Gasteiger partial charge in [0, 0.05) is 0 Å². The van der Waals surface area contributed by atoms with Gasteiger partial charge < -0.3 is 0 Å². The van der Waals surface area contributed by atoms with Gasteiger partial charge in [-0.15, -0.1) is 0 Å². The predicted molar refractivity (Wildman–Crippen MR) is 346 cm³/mol. The van der Waals surface area contributed by atoms with Crippen molar-refractivity contribution in [2.24, 2.45) is 0 Å². The van der Waals surface area contributed by atoms with E-state index in [0.29, 0.717) is 0 Å². The van der Waals surface area contributed by atoms with E-state index in [4.69, 9.17) is 0 Å². The molecule has 9 rings (SSSR count). The molecule has 1 aliphatic heterocycles. The molecule has 0 aromatic heterocycles. The van der Waals surface area contributed by atoms with Gasteiger partial charge in [-0.05, 0) is 0 Å². The first-order valence-corrected chi connectivity index (χ1v) is 53.8. The summed E-state index contributed by atoms with van der Waals surface area (Å²) in [6.07, 6.45) is 7.01. The van der Waals surface area contributed by atoms with Crippen molar-refractivity contribution in [1.82, 2.24) is 0 Å². The molecule has 0 fully saturated rings. The summed E-state index contributed by atoms with van der Waals surface area (Å²) >= 11 is -5.82. The van der Waals surface area contributed by atoms with Crippen molar-refractivity contribution in [2.75, 3.05) is 0 Å². The Morgan fingerprint density at radius 3 is 1.22 bits per heavy atom. The topological polar surface area (TPSA) is 0 Å². The Morgan fingerprint density at radius 2 is 0.851 bits per heavy atom. The summed E-state index contributed by atoms with van der Waals surface area (Å²) < 4.78 is 1.06. The molecular formula is C66H87Cl2Si5Zr. The quantitative estimate of drug-likeness (QED) is 0.113. The number of halogens is 2. The van der Waals surface area contributed by atoms with E-state index in [9.17, 15) is 17.0 Å². The van der Waals surface area contributed by atoms with E-state index in [1.54, 1.807) is 20.7 Å². The molecule has 0 spiro atoms. The number of hydrogen-bond donors (Lipinski definition) is 0. The second-order valence-corrected chi connectivity index (χ2v) is 71.6. The molecule has 0 nitrogen and oxygen atoms in total. The Labute approximate surface area is 463 Å². The van der Waals surface area contributed by atoms with Crippen molar-refractivity contribution in [3.05, 3.63) is 148 Å². The van der Waals surface area contributed by atoms with Crippen molar-refractivity contribution in [2.45, 2.75) is 165 Å². The van der Waals surface area contributed by atoms with Crippen LogP contribution in [0.5, 0.6) is 0 Å². The molecule has 0 saturated heterocycles. The number of hydrogen-bond acceptors (Lipinski definition) is 0. The zero-order valence-corrected chi connectivity index (χ0v) is 58.4. The SMILES string of the molecule is CCC1=Cc2c(ccc(C(C)(C)C)c2-c2cc([Si](C)(C)C)cc([Si](C)(C)C)c2)[CH]1[Zr]([Cl])([Cl])([c]1cccc2c1[SiH2]c1ccccc1-2)[CH]1C(CC)=Cc2c1ccc(C(C)(C)C)c2-c1cc([Si](C)(C)C)cc([Si](C)(C)C)c1. The van der Waals surface area contributed by atoms with E-state index in [1.807, 2.05) is 0 Å². The molecular weight excluding hydrogens is 1100 g/mol. The zero-order chi connectivity index (χ0) is 54.3. The van der Waals surface area contributed by atoms with Gasteiger partial charge in [0.1, 0.15) is 0 Å². The molecule has 3 aliphatic rings. The van der Waals surface area contributed by atoms with Crippen LogP contribution in [0.1, 0.15) is 109 Å². The minimum atomic E-state index is -5.82. The second kappa shape index (κ2) is 18.7. The van der Waals surface area contributed by atoms with Gasteiger partial charge in [-0.3, -0.25) is 0 Å².